The Hall–Kier alpha value is -1.10. The lowest BCUT2D eigenvalue weighted by Crippen LogP contribution is -2.38. The predicted molar refractivity (Wildman–Crippen MR) is 78.3 cm³/mol. The van der Waals surface area contributed by atoms with E-state index >= 15 is 0 Å². The number of thiazole rings is 1. The summed E-state index contributed by atoms with van der Waals surface area (Å²) in [5.41, 5.74) is 1.16. The second-order valence-electron chi connectivity index (χ2n) is 5.58. The maximum absolute atomic E-state index is 11.2. The number of carboxylic acids is 1. The van der Waals surface area contributed by atoms with Crippen LogP contribution in [0.5, 0.6) is 0 Å². The SMILES string of the molecule is CCc1nc(N2CCC(C)(CC)CC2)sc1C(=O)O. The summed E-state index contributed by atoms with van der Waals surface area (Å²) in [6, 6.07) is 0. The fourth-order valence-corrected chi connectivity index (χ4v) is 3.52. The van der Waals surface area contributed by atoms with Gasteiger partial charge in [0.2, 0.25) is 0 Å². The number of rotatable bonds is 4. The van der Waals surface area contributed by atoms with Crippen molar-refractivity contribution in [2.75, 3.05) is 18.0 Å². The number of aromatic nitrogens is 1. The molecule has 2 rings (SSSR count). The van der Waals surface area contributed by atoms with Gasteiger partial charge in [0.25, 0.3) is 0 Å². The first-order valence-electron chi connectivity index (χ1n) is 6.97. The molecule has 19 heavy (non-hydrogen) atoms. The maximum atomic E-state index is 11.2. The highest BCUT2D eigenvalue weighted by Crippen LogP contribution is 2.37. The van der Waals surface area contributed by atoms with Gasteiger partial charge < -0.3 is 10.0 Å². The third-order valence-corrected chi connectivity index (χ3v) is 5.46. The predicted octanol–water partition coefficient (Wildman–Crippen LogP) is 3.42. The van der Waals surface area contributed by atoms with Crippen LogP contribution in [0.15, 0.2) is 0 Å². The number of aryl methyl sites for hydroxylation is 1. The molecule has 0 bridgehead atoms. The fourth-order valence-electron chi connectivity index (χ4n) is 2.47. The Morgan fingerprint density at radius 3 is 2.47 bits per heavy atom. The van der Waals surface area contributed by atoms with Gasteiger partial charge >= 0.3 is 5.97 Å². The van der Waals surface area contributed by atoms with E-state index < -0.39 is 5.97 Å². The Labute approximate surface area is 118 Å². The molecule has 5 heteroatoms. The summed E-state index contributed by atoms with van der Waals surface area (Å²) in [5.74, 6) is -0.851. The zero-order valence-corrected chi connectivity index (χ0v) is 12.7. The monoisotopic (exact) mass is 282 g/mol. The summed E-state index contributed by atoms with van der Waals surface area (Å²) in [5, 5.41) is 10.1. The Bertz CT molecular complexity index is 462. The molecule has 4 nitrogen and oxygen atoms in total. The lowest BCUT2D eigenvalue weighted by Gasteiger charge is -2.38. The lowest BCUT2D eigenvalue weighted by molar-refractivity contribution is 0.0701. The molecule has 2 heterocycles. The molecule has 1 N–H and O–H groups in total. The van der Waals surface area contributed by atoms with Crippen LogP contribution in [0, 0.1) is 5.41 Å². The van der Waals surface area contributed by atoms with Crippen molar-refractivity contribution in [3.63, 3.8) is 0 Å². The summed E-state index contributed by atoms with van der Waals surface area (Å²) in [6.45, 7) is 8.51. The largest absolute Gasteiger partial charge is 0.477 e. The van der Waals surface area contributed by atoms with E-state index in [-0.39, 0.29) is 0 Å². The minimum absolute atomic E-state index is 0.404. The van der Waals surface area contributed by atoms with E-state index in [1.807, 2.05) is 6.92 Å². The molecule has 0 aromatic carbocycles. The summed E-state index contributed by atoms with van der Waals surface area (Å²) < 4.78 is 0. The minimum Gasteiger partial charge on any atom is -0.477 e. The molecule has 1 aliphatic rings. The number of carbonyl (C=O) groups is 1. The van der Waals surface area contributed by atoms with Crippen molar-refractivity contribution in [1.29, 1.82) is 0 Å². The number of piperidine rings is 1. The zero-order chi connectivity index (χ0) is 14.0. The van der Waals surface area contributed by atoms with E-state index in [1.54, 1.807) is 0 Å². The van der Waals surface area contributed by atoms with E-state index in [2.05, 4.69) is 23.7 Å². The van der Waals surface area contributed by atoms with E-state index in [0.29, 0.717) is 16.7 Å². The molecule has 1 saturated heterocycles. The highest BCUT2D eigenvalue weighted by molar-refractivity contribution is 7.17. The van der Waals surface area contributed by atoms with Crippen molar-refractivity contribution >= 4 is 22.4 Å². The van der Waals surface area contributed by atoms with E-state index in [0.717, 1.165) is 36.8 Å². The number of nitrogens with zero attached hydrogens (tertiary/aromatic N) is 2. The molecule has 106 valence electrons. The Morgan fingerprint density at radius 1 is 1.42 bits per heavy atom. The van der Waals surface area contributed by atoms with Crippen LogP contribution in [0.1, 0.15) is 55.4 Å². The average molecular weight is 282 g/mol. The van der Waals surface area contributed by atoms with Gasteiger partial charge in [-0.05, 0) is 24.7 Å². The van der Waals surface area contributed by atoms with Crippen LogP contribution in [0.2, 0.25) is 0 Å². The van der Waals surface area contributed by atoms with Gasteiger partial charge in [-0.25, -0.2) is 9.78 Å². The van der Waals surface area contributed by atoms with Crippen LogP contribution in [0.25, 0.3) is 0 Å². The zero-order valence-electron chi connectivity index (χ0n) is 11.9. The topological polar surface area (TPSA) is 53.4 Å². The first-order chi connectivity index (χ1) is 8.99. The average Bonchev–Trinajstić information content (AvgIpc) is 2.84. The highest BCUT2D eigenvalue weighted by atomic mass is 32.1. The lowest BCUT2D eigenvalue weighted by atomic mass is 9.78. The Kier molecular flexibility index (Phi) is 4.13. The minimum atomic E-state index is -0.851. The first-order valence-corrected chi connectivity index (χ1v) is 7.78. The number of carboxylic acid groups (broad SMARTS) is 1. The first kappa shape index (κ1) is 14.3. The van der Waals surface area contributed by atoms with Gasteiger partial charge in [-0.2, -0.15) is 0 Å². The fraction of sp³-hybridized carbons (Fsp3) is 0.714. The number of hydrogen-bond acceptors (Lipinski definition) is 4. The summed E-state index contributed by atoms with van der Waals surface area (Å²) in [6.07, 6.45) is 4.21. The molecule has 0 aliphatic carbocycles. The normalized spacial score (nSPS) is 18.6. The van der Waals surface area contributed by atoms with Gasteiger partial charge in [-0.15, -0.1) is 0 Å². The van der Waals surface area contributed by atoms with Gasteiger partial charge in [0.05, 0.1) is 5.69 Å². The second kappa shape index (κ2) is 5.49. The Morgan fingerprint density at radius 2 is 2.05 bits per heavy atom. The molecular weight excluding hydrogens is 260 g/mol. The van der Waals surface area contributed by atoms with Gasteiger partial charge in [0.1, 0.15) is 4.88 Å². The molecule has 0 unspecified atom stereocenters. The molecular formula is C14H22N2O2S. The van der Waals surface area contributed by atoms with Crippen molar-refractivity contribution < 1.29 is 9.90 Å². The molecule has 1 aromatic rings. The summed E-state index contributed by atoms with van der Waals surface area (Å²) in [7, 11) is 0. The van der Waals surface area contributed by atoms with Crippen LogP contribution in [-0.2, 0) is 6.42 Å². The van der Waals surface area contributed by atoms with Crippen LogP contribution < -0.4 is 4.90 Å². The molecule has 0 radical (unpaired) electrons. The van der Waals surface area contributed by atoms with Gasteiger partial charge in [0, 0.05) is 13.1 Å². The van der Waals surface area contributed by atoms with E-state index in [9.17, 15) is 9.90 Å². The smallest absolute Gasteiger partial charge is 0.347 e. The second-order valence-corrected chi connectivity index (χ2v) is 6.56. The van der Waals surface area contributed by atoms with E-state index in [4.69, 9.17) is 0 Å². The van der Waals surface area contributed by atoms with Gasteiger partial charge in [0.15, 0.2) is 5.13 Å². The molecule has 0 amide bonds. The summed E-state index contributed by atoms with van der Waals surface area (Å²) >= 11 is 1.32. The van der Waals surface area contributed by atoms with Crippen LogP contribution in [-0.4, -0.2) is 29.1 Å². The third kappa shape index (κ3) is 2.91. The van der Waals surface area contributed by atoms with E-state index in [1.165, 1.54) is 17.8 Å². The van der Waals surface area contributed by atoms with Crippen LogP contribution in [0.4, 0.5) is 5.13 Å². The highest BCUT2D eigenvalue weighted by Gasteiger charge is 2.30. The number of aromatic carboxylic acids is 1. The van der Waals surface area contributed by atoms with Crippen molar-refractivity contribution in [3.05, 3.63) is 10.6 Å². The van der Waals surface area contributed by atoms with Crippen LogP contribution >= 0.6 is 11.3 Å². The summed E-state index contributed by atoms with van der Waals surface area (Å²) in [4.78, 5) is 18.3. The standard InChI is InChI=1S/C14H22N2O2S/c1-4-10-11(12(17)18)19-13(15-10)16-8-6-14(3,5-2)7-9-16/h4-9H2,1-3H3,(H,17,18). The molecule has 0 saturated carbocycles. The van der Waals surface area contributed by atoms with Crippen molar-refractivity contribution in [1.82, 2.24) is 4.98 Å². The molecule has 0 spiro atoms. The molecule has 1 aliphatic heterocycles. The van der Waals surface area contributed by atoms with Crippen molar-refractivity contribution in [3.8, 4) is 0 Å². The Balaban J connectivity index is 2.14. The number of anilines is 1. The quantitative estimate of drug-likeness (QED) is 0.919. The molecule has 1 fully saturated rings. The number of hydrogen-bond donors (Lipinski definition) is 1. The van der Waals surface area contributed by atoms with Crippen molar-refractivity contribution in [2.45, 2.75) is 46.5 Å². The molecule has 1 aromatic heterocycles. The third-order valence-electron chi connectivity index (χ3n) is 4.31. The van der Waals surface area contributed by atoms with Crippen molar-refractivity contribution in [2.24, 2.45) is 5.41 Å². The van der Waals surface area contributed by atoms with Gasteiger partial charge in [-0.3, -0.25) is 0 Å². The molecule has 0 atom stereocenters. The van der Waals surface area contributed by atoms with Gasteiger partial charge in [-0.1, -0.05) is 38.5 Å². The maximum Gasteiger partial charge on any atom is 0.347 e. The van der Waals surface area contributed by atoms with Crippen LogP contribution in [0.3, 0.4) is 0 Å².